The number of hydrogen-bond acceptors (Lipinski definition) is 5. The summed E-state index contributed by atoms with van der Waals surface area (Å²) in [5.41, 5.74) is -0.221. The van der Waals surface area contributed by atoms with Gasteiger partial charge in [-0.15, -0.1) is 0 Å². The first kappa shape index (κ1) is 21.4. The molecule has 29 heavy (non-hydrogen) atoms. The van der Waals surface area contributed by atoms with E-state index in [0.717, 1.165) is 5.69 Å². The molecular formula is C20H25ClFN3O4. The third kappa shape index (κ3) is 4.32. The second kappa shape index (κ2) is 8.18. The van der Waals surface area contributed by atoms with Crippen molar-refractivity contribution in [3.63, 3.8) is 0 Å². The van der Waals surface area contributed by atoms with E-state index < -0.39 is 11.4 Å². The SMILES string of the molecule is COc1cc(N2CCN(C(=O)CC[C@@]3(C)NC(=O)CC3=O)C[C@@H]2C)cc(Cl)c1F. The number of ketones is 1. The molecule has 2 aliphatic rings. The lowest BCUT2D eigenvalue weighted by atomic mass is 9.92. The number of rotatable bonds is 5. The Kier molecular flexibility index (Phi) is 6.03. The van der Waals surface area contributed by atoms with Gasteiger partial charge >= 0.3 is 0 Å². The zero-order valence-electron chi connectivity index (χ0n) is 16.8. The highest BCUT2D eigenvalue weighted by Crippen LogP contribution is 2.33. The Morgan fingerprint density at radius 1 is 1.38 bits per heavy atom. The predicted octanol–water partition coefficient (Wildman–Crippen LogP) is 2.15. The van der Waals surface area contributed by atoms with Crippen molar-refractivity contribution in [3.05, 3.63) is 23.0 Å². The second-order valence-corrected chi connectivity index (χ2v) is 8.21. The van der Waals surface area contributed by atoms with Crippen molar-refractivity contribution >= 4 is 34.9 Å². The summed E-state index contributed by atoms with van der Waals surface area (Å²) >= 11 is 5.98. The number of piperazine rings is 1. The maximum absolute atomic E-state index is 13.9. The van der Waals surface area contributed by atoms with Gasteiger partial charge < -0.3 is 19.9 Å². The Labute approximate surface area is 174 Å². The molecule has 2 fully saturated rings. The highest BCUT2D eigenvalue weighted by atomic mass is 35.5. The molecule has 0 aromatic heterocycles. The number of hydrogen-bond donors (Lipinski definition) is 1. The lowest BCUT2D eigenvalue weighted by molar-refractivity contribution is -0.132. The minimum absolute atomic E-state index is 0.0117. The molecule has 0 unspecified atom stereocenters. The van der Waals surface area contributed by atoms with Gasteiger partial charge in [0.1, 0.15) is 0 Å². The molecule has 0 saturated carbocycles. The molecule has 2 aliphatic heterocycles. The molecule has 0 aliphatic carbocycles. The van der Waals surface area contributed by atoms with Gasteiger partial charge in [-0.1, -0.05) is 11.6 Å². The van der Waals surface area contributed by atoms with Gasteiger partial charge in [0.05, 0.1) is 24.1 Å². The van der Waals surface area contributed by atoms with E-state index in [-0.39, 0.29) is 53.7 Å². The van der Waals surface area contributed by atoms with Crippen LogP contribution in [0.3, 0.4) is 0 Å². The predicted molar refractivity (Wildman–Crippen MR) is 107 cm³/mol. The number of methoxy groups -OCH3 is 1. The summed E-state index contributed by atoms with van der Waals surface area (Å²) in [7, 11) is 1.39. The summed E-state index contributed by atoms with van der Waals surface area (Å²) in [6.07, 6.45) is 0.352. The zero-order chi connectivity index (χ0) is 21.3. The molecule has 0 radical (unpaired) electrons. The van der Waals surface area contributed by atoms with Gasteiger partial charge in [-0.2, -0.15) is 0 Å². The first-order chi connectivity index (χ1) is 13.6. The van der Waals surface area contributed by atoms with Crippen molar-refractivity contribution in [3.8, 4) is 5.75 Å². The fourth-order valence-corrected chi connectivity index (χ4v) is 4.12. The molecule has 0 spiro atoms. The second-order valence-electron chi connectivity index (χ2n) is 7.81. The fraction of sp³-hybridized carbons (Fsp3) is 0.550. The van der Waals surface area contributed by atoms with Crippen LogP contribution in [0.2, 0.25) is 5.02 Å². The summed E-state index contributed by atoms with van der Waals surface area (Å²) in [5.74, 6) is -1.03. The van der Waals surface area contributed by atoms with Crippen LogP contribution >= 0.6 is 11.6 Å². The Morgan fingerprint density at radius 2 is 2.10 bits per heavy atom. The number of carbonyl (C=O) groups is 3. The van der Waals surface area contributed by atoms with Crippen LogP contribution < -0.4 is 15.0 Å². The summed E-state index contributed by atoms with van der Waals surface area (Å²) in [5, 5.41) is 2.66. The van der Waals surface area contributed by atoms with E-state index >= 15 is 0 Å². The Bertz CT molecular complexity index is 849. The number of nitrogens with one attached hydrogen (secondary N) is 1. The minimum Gasteiger partial charge on any atom is -0.494 e. The van der Waals surface area contributed by atoms with E-state index in [4.69, 9.17) is 16.3 Å². The van der Waals surface area contributed by atoms with Gasteiger partial charge in [0.15, 0.2) is 17.3 Å². The molecule has 2 heterocycles. The number of Topliss-reactive ketones (excluding diaryl/α,β-unsaturated/α-hetero) is 1. The van der Waals surface area contributed by atoms with Crippen LogP contribution in [0.5, 0.6) is 5.75 Å². The maximum Gasteiger partial charge on any atom is 0.228 e. The zero-order valence-corrected chi connectivity index (χ0v) is 17.5. The largest absolute Gasteiger partial charge is 0.494 e. The maximum atomic E-state index is 13.9. The van der Waals surface area contributed by atoms with E-state index in [1.165, 1.54) is 7.11 Å². The molecule has 1 aromatic carbocycles. The van der Waals surface area contributed by atoms with Crippen molar-refractivity contribution < 1.29 is 23.5 Å². The van der Waals surface area contributed by atoms with Gasteiger partial charge in [0.25, 0.3) is 0 Å². The van der Waals surface area contributed by atoms with Gasteiger partial charge in [-0.25, -0.2) is 4.39 Å². The smallest absolute Gasteiger partial charge is 0.228 e. The van der Waals surface area contributed by atoms with Crippen LogP contribution in [0, 0.1) is 5.82 Å². The Hall–Kier alpha value is -2.35. The van der Waals surface area contributed by atoms with E-state index in [0.29, 0.717) is 19.6 Å². The molecule has 3 rings (SSSR count). The third-order valence-corrected chi connectivity index (χ3v) is 5.98. The van der Waals surface area contributed by atoms with Crippen LogP contribution in [0.4, 0.5) is 10.1 Å². The molecular weight excluding hydrogens is 401 g/mol. The van der Waals surface area contributed by atoms with Crippen LogP contribution in [-0.2, 0) is 14.4 Å². The first-order valence-electron chi connectivity index (χ1n) is 9.56. The average Bonchev–Trinajstić information content (AvgIpc) is 2.93. The number of benzene rings is 1. The molecule has 2 amide bonds. The summed E-state index contributed by atoms with van der Waals surface area (Å²) < 4.78 is 19.0. The van der Waals surface area contributed by atoms with Crippen molar-refractivity contribution in [1.29, 1.82) is 0 Å². The number of amides is 2. The van der Waals surface area contributed by atoms with Gasteiger partial charge in [-0.3, -0.25) is 14.4 Å². The lowest BCUT2D eigenvalue weighted by Gasteiger charge is -2.41. The van der Waals surface area contributed by atoms with Gasteiger partial charge in [0.2, 0.25) is 11.8 Å². The number of carbonyl (C=O) groups excluding carboxylic acids is 3. The average molecular weight is 426 g/mol. The van der Waals surface area contributed by atoms with Crippen molar-refractivity contribution in [2.75, 3.05) is 31.6 Å². The number of ether oxygens (including phenoxy) is 1. The normalized spacial score (nSPS) is 24.7. The first-order valence-corrected chi connectivity index (χ1v) is 9.94. The van der Waals surface area contributed by atoms with E-state index in [9.17, 15) is 18.8 Å². The van der Waals surface area contributed by atoms with E-state index in [2.05, 4.69) is 10.2 Å². The quantitative estimate of drug-likeness (QED) is 0.731. The van der Waals surface area contributed by atoms with Crippen molar-refractivity contribution in [2.24, 2.45) is 0 Å². The van der Waals surface area contributed by atoms with Crippen LogP contribution in [0.25, 0.3) is 0 Å². The number of nitrogens with zero attached hydrogens (tertiary/aromatic N) is 2. The Morgan fingerprint density at radius 3 is 2.69 bits per heavy atom. The lowest BCUT2D eigenvalue weighted by Crippen LogP contribution is -2.54. The van der Waals surface area contributed by atoms with Crippen molar-refractivity contribution in [1.82, 2.24) is 10.2 Å². The molecule has 2 saturated heterocycles. The summed E-state index contributed by atoms with van der Waals surface area (Å²) in [4.78, 5) is 39.9. The molecule has 0 bridgehead atoms. The summed E-state index contributed by atoms with van der Waals surface area (Å²) in [6.45, 7) is 5.20. The highest BCUT2D eigenvalue weighted by molar-refractivity contribution is 6.31. The van der Waals surface area contributed by atoms with E-state index in [1.807, 2.05) is 6.92 Å². The topological polar surface area (TPSA) is 79.0 Å². The fourth-order valence-electron chi connectivity index (χ4n) is 3.91. The molecule has 1 aromatic rings. The highest BCUT2D eigenvalue weighted by Gasteiger charge is 2.42. The molecule has 158 valence electrons. The standard InChI is InChI=1S/C20H25ClFN3O4/c1-12-11-24(18(28)4-5-20(2)16(26)10-17(27)23-20)6-7-25(12)13-8-14(21)19(22)15(9-13)29-3/h8-9,12H,4-7,10-11H2,1-3H3,(H,23,27)/t12-,20+/m0/s1. The van der Waals surface area contributed by atoms with Gasteiger partial charge in [-0.05, 0) is 26.3 Å². The number of anilines is 1. The van der Waals surface area contributed by atoms with Crippen LogP contribution in [0.15, 0.2) is 12.1 Å². The third-order valence-electron chi connectivity index (χ3n) is 5.70. The van der Waals surface area contributed by atoms with Crippen LogP contribution in [0.1, 0.15) is 33.1 Å². The number of halogens is 2. The molecule has 9 heteroatoms. The van der Waals surface area contributed by atoms with E-state index in [1.54, 1.807) is 24.0 Å². The molecule has 1 N–H and O–H groups in total. The monoisotopic (exact) mass is 425 g/mol. The van der Waals surface area contributed by atoms with Crippen molar-refractivity contribution in [2.45, 2.75) is 44.7 Å². The Balaban J connectivity index is 1.61. The molecule has 2 atom stereocenters. The minimum atomic E-state index is -0.957. The van der Waals surface area contributed by atoms with Crippen LogP contribution in [-0.4, -0.2) is 60.8 Å². The molecule has 7 nitrogen and oxygen atoms in total. The van der Waals surface area contributed by atoms with Gasteiger partial charge in [0, 0.05) is 43.9 Å². The summed E-state index contributed by atoms with van der Waals surface area (Å²) in [6, 6.07) is 3.15.